The van der Waals surface area contributed by atoms with Gasteiger partial charge in [-0.15, -0.1) is 0 Å². The average Bonchev–Trinajstić information content (AvgIpc) is 2.19. The van der Waals surface area contributed by atoms with Gasteiger partial charge in [0.15, 0.2) is 11.6 Å². The van der Waals surface area contributed by atoms with Crippen molar-refractivity contribution in [2.24, 2.45) is 0 Å². The van der Waals surface area contributed by atoms with Gasteiger partial charge >= 0.3 is 0 Å². The summed E-state index contributed by atoms with van der Waals surface area (Å²) in [4.78, 5) is 0. The Bertz CT molecular complexity index is 490. The molecule has 0 spiro atoms. The van der Waals surface area contributed by atoms with Gasteiger partial charge in [0.2, 0.25) is 0 Å². The molecule has 16 heavy (non-hydrogen) atoms. The summed E-state index contributed by atoms with van der Waals surface area (Å²) < 4.78 is 63.7. The molecule has 4 nitrogen and oxygen atoms in total. The van der Waals surface area contributed by atoms with E-state index in [-0.39, 0.29) is 12.3 Å². The fraction of sp³-hybridized carbons (Fsp3) is 0.250. The summed E-state index contributed by atoms with van der Waals surface area (Å²) in [7, 11) is -3.90. The lowest BCUT2D eigenvalue weighted by molar-refractivity contribution is -0.360. The number of rotatable bonds is 4. The largest absolute Gasteiger partial charge is 0.574 e. The highest BCUT2D eigenvalue weighted by Crippen LogP contribution is 2.28. The van der Waals surface area contributed by atoms with Crippen LogP contribution in [-0.4, -0.2) is 20.7 Å². The summed E-state index contributed by atoms with van der Waals surface area (Å²) in [6, 6.07) is 1.37. The predicted molar refractivity (Wildman–Crippen MR) is 50.9 cm³/mol. The number of benzene rings is 1. The number of sulfonamides is 1. The van der Waals surface area contributed by atoms with Crippen LogP contribution in [0.3, 0.4) is 0 Å². The van der Waals surface area contributed by atoms with Gasteiger partial charge in [-0.3, -0.25) is 0 Å². The molecule has 0 amide bonds. The molecule has 0 aliphatic rings. The molecule has 1 rings (SSSR count). The molecule has 0 heterocycles. The van der Waals surface area contributed by atoms with E-state index in [1.807, 2.05) is 0 Å². The third-order valence-corrected chi connectivity index (χ3v) is 2.93. The smallest absolute Gasteiger partial charge is 0.193 e. The molecule has 0 aliphatic heterocycles. The second-order valence-corrected chi connectivity index (χ2v) is 4.68. The first kappa shape index (κ1) is 12.8. The van der Waals surface area contributed by atoms with Gasteiger partial charge in [0.25, 0.3) is 0 Å². The molecule has 0 unspecified atom stereocenters. The van der Waals surface area contributed by atoms with Crippen LogP contribution in [0.1, 0.15) is 0 Å². The normalized spacial score (nSPS) is 11.5. The van der Waals surface area contributed by atoms with Crippen LogP contribution in [0.25, 0.3) is 4.72 Å². The summed E-state index contributed by atoms with van der Waals surface area (Å²) in [6.07, 6.45) is 0. The SMILES string of the molecule is [NH3+]CCS(=O)(=O)[N-]c1ccc(F)c(F)c1F. The zero-order chi connectivity index (χ0) is 12.3. The third kappa shape index (κ3) is 2.86. The van der Waals surface area contributed by atoms with Crippen molar-refractivity contribution in [1.29, 1.82) is 0 Å². The van der Waals surface area contributed by atoms with Crippen LogP contribution < -0.4 is 5.73 Å². The number of hydrogen-bond donors (Lipinski definition) is 1. The fourth-order valence-electron chi connectivity index (χ4n) is 0.964. The van der Waals surface area contributed by atoms with Crippen molar-refractivity contribution in [2.75, 3.05) is 12.3 Å². The Kier molecular flexibility index (Phi) is 3.76. The lowest BCUT2D eigenvalue weighted by Crippen LogP contribution is -2.52. The maximum atomic E-state index is 13.0. The summed E-state index contributed by atoms with van der Waals surface area (Å²) in [5.41, 5.74) is 2.56. The summed E-state index contributed by atoms with van der Waals surface area (Å²) >= 11 is 0. The van der Waals surface area contributed by atoms with E-state index >= 15 is 0 Å². The fourth-order valence-corrected chi connectivity index (χ4v) is 1.86. The van der Waals surface area contributed by atoms with Crippen LogP contribution in [0.2, 0.25) is 0 Å². The molecule has 0 aliphatic carbocycles. The van der Waals surface area contributed by atoms with E-state index in [0.29, 0.717) is 6.07 Å². The Morgan fingerprint density at radius 2 is 1.81 bits per heavy atom. The highest BCUT2D eigenvalue weighted by molar-refractivity contribution is 7.94. The molecule has 0 saturated heterocycles. The lowest BCUT2D eigenvalue weighted by atomic mass is 10.3. The van der Waals surface area contributed by atoms with Gasteiger partial charge in [0.05, 0.1) is 22.3 Å². The van der Waals surface area contributed by atoms with Crippen molar-refractivity contribution in [1.82, 2.24) is 0 Å². The minimum Gasteiger partial charge on any atom is -0.574 e. The predicted octanol–water partition coefficient (Wildman–Crippen LogP) is 0.681. The molecular weight excluding hydrogens is 245 g/mol. The quantitative estimate of drug-likeness (QED) is 0.802. The maximum absolute atomic E-state index is 13.0. The van der Waals surface area contributed by atoms with Crippen LogP contribution in [0, 0.1) is 17.5 Å². The summed E-state index contributed by atoms with van der Waals surface area (Å²) in [6.45, 7) is 0.0527. The molecule has 90 valence electrons. The maximum Gasteiger partial charge on any atom is 0.193 e. The van der Waals surface area contributed by atoms with Crippen LogP contribution in [0.5, 0.6) is 0 Å². The molecule has 0 saturated carbocycles. The monoisotopic (exact) mass is 254 g/mol. The summed E-state index contributed by atoms with van der Waals surface area (Å²) in [5, 5.41) is 0. The Morgan fingerprint density at radius 3 is 2.38 bits per heavy atom. The van der Waals surface area contributed by atoms with Crippen molar-refractivity contribution in [2.45, 2.75) is 0 Å². The van der Waals surface area contributed by atoms with Crippen molar-refractivity contribution in [3.63, 3.8) is 0 Å². The van der Waals surface area contributed by atoms with Gasteiger partial charge in [0.1, 0.15) is 5.82 Å². The molecule has 0 radical (unpaired) electrons. The van der Waals surface area contributed by atoms with E-state index in [1.165, 1.54) is 0 Å². The zero-order valence-electron chi connectivity index (χ0n) is 8.08. The van der Waals surface area contributed by atoms with Crippen molar-refractivity contribution in [3.05, 3.63) is 34.3 Å². The van der Waals surface area contributed by atoms with Crippen LogP contribution >= 0.6 is 0 Å². The minimum absolute atomic E-state index is 0.0527. The molecule has 8 heteroatoms. The second-order valence-electron chi connectivity index (χ2n) is 2.93. The van der Waals surface area contributed by atoms with Gasteiger partial charge in [-0.25, -0.2) is 21.6 Å². The summed E-state index contributed by atoms with van der Waals surface area (Å²) in [5.74, 6) is -5.14. The van der Waals surface area contributed by atoms with Crippen molar-refractivity contribution in [3.8, 4) is 0 Å². The molecule has 1 aromatic rings. The van der Waals surface area contributed by atoms with Crippen molar-refractivity contribution >= 4 is 15.7 Å². The number of hydrogen-bond acceptors (Lipinski definition) is 2. The molecular formula is C8H9F3N2O2S. The Hall–Kier alpha value is -1.28. The highest BCUT2D eigenvalue weighted by atomic mass is 32.2. The Morgan fingerprint density at radius 1 is 1.19 bits per heavy atom. The van der Waals surface area contributed by atoms with Gasteiger partial charge < -0.3 is 10.5 Å². The van der Waals surface area contributed by atoms with Crippen molar-refractivity contribution < 1.29 is 27.3 Å². The van der Waals surface area contributed by atoms with Gasteiger partial charge in [0, 0.05) is 0 Å². The first-order valence-electron chi connectivity index (χ1n) is 4.26. The lowest BCUT2D eigenvalue weighted by Gasteiger charge is -2.21. The first-order chi connectivity index (χ1) is 7.37. The molecule has 1 aromatic carbocycles. The third-order valence-electron chi connectivity index (χ3n) is 1.65. The molecule has 0 bridgehead atoms. The number of halogens is 3. The van der Waals surface area contributed by atoms with E-state index in [2.05, 4.69) is 10.5 Å². The molecule has 0 fully saturated rings. The second kappa shape index (κ2) is 4.71. The zero-order valence-corrected chi connectivity index (χ0v) is 8.90. The van der Waals surface area contributed by atoms with Crippen LogP contribution in [0.15, 0.2) is 12.1 Å². The first-order valence-corrected chi connectivity index (χ1v) is 5.86. The Labute approximate surface area is 90.3 Å². The topological polar surface area (TPSA) is 75.9 Å². The van der Waals surface area contributed by atoms with E-state index < -0.39 is 33.2 Å². The number of quaternary nitrogens is 1. The molecule has 3 N–H and O–H groups in total. The van der Waals surface area contributed by atoms with E-state index in [0.717, 1.165) is 6.07 Å². The van der Waals surface area contributed by atoms with E-state index in [1.54, 1.807) is 0 Å². The minimum atomic E-state index is -3.90. The Balaban J connectivity index is 3.04. The van der Waals surface area contributed by atoms with Crippen LogP contribution in [0.4, 0.5) is 18.9 Å². The van der Waals surface area contributed by atoms with Crippen LogP contribution in [-0.2, 0) is 10.0 Å². The molecule has 0 aromatic heterocycles. The van der Waals surface area contributed by atoms with Gasteiger partial charge in [-0.2, -0.15) is 0 Å². The molecule has 0 atom stereocenters. The number of nitrogens with zero attached hydrogens (tertiary/aromatic N) is 1. The van der Waals surface area contributed by atoms with Gasteiger partial charge in [-0.05, 0) is 6.07 Å². The highest BCUT2D eigenvalue weighted by Gasteiger charge is 2.10. The standard InChI is InChI=1S/C8H8F3N2O2S/c9-5-1-2-6(8(11)7(5)10)13-16(14,15)4-3-12/h1-2H,3-4,12H2/q-1/p+1. The van der Waals surface area contributed by atoms with E-state index in [9.17, 15) is 21.6 Å². The average molecular weight is 254 g/mol. The van der Waals surface area contributed by atoms with E-state index in [4.69, 9.17) is 0 Å². The van der Waals surface area contributed by atoms with Gasteiger partial charge in [-0.1, -0.05) is 11.8 Å².